The number of allylic oxidation sites excluding steroid dienone is 2. The van der Waals surface area contributed by atoms with Gasteiger partial charge in [-0.15, -0.1) is 0 Å². The minimum Gasteiger partial charge on any atom is -0.354 e. The Bertz CT molecular complexity index is 551. The first-order chi connectivity index (χ1) is 8.68. The molecule has 7 heteroatoms. The predicted octanol–water partition coefficient (Wildman–Crippen LogP) is 3.68. The average Bonchev–Trinajstić information content (AvgIpc) is 2.37. The molecule has 0 aliphatic carbocycles. The normalized spacial score (nSPS) is 12.2. The Hall–Kier alpha value is -1.92. The van der Waals surface area contributed by atoms with E-state index >= 15 is 0 Å². The van der Waals surface area contributed by atoms with Crippen molar-refractivity contribution in [3.63, 3.8) is 0 Å². The van der Waals surface area contributed by atoms with Gasteiger partial charge in [0, 0.05) is 11.3 Å². The molecule has 0 saturated carbocycles. The van der Waals surface area contributed by atoms with Gasteiger partial charge in [0.15, 0.2) is 29.1 Å². The highest BCUT2D eigenvalue weighted by Crippen LogP contribution is 2.28. The second-order valence-electron chi connectivity index (χ2n) is 3.88. The highest BCUT2D eigenvalue weighted by Gasteiger charge is 2.26. The summed E-state index contributed by atoms with van der Waals surface area (Å²) in [6.45, 7) is 3.85. The van der Waals surface area contributed by atoms with Gasteiger partial charge in [0.25, 0.3) is 0 Å². The molecule has 1 N–H and O–H groups in total. The fourth-order valence-corrected chi connectivity index (χ4v) is 1.26. The first kappa shape index (κ1) is 15.1. The van der Waals surface area contributed by atoms with Crippen LogP contribution in [0.15, 0.2) is 11.3 Å². The SMILES string of the molecule is CC(=O)C(C)=C(C)Nc1c(F)c(F)c(F)c(F)c1F. The van der Waals surface area contributed by atoms with Crippen LogP contribution in [0.4, 0.5) is 27.6 Å². The van der Waals surface area contributed by atoms with Crippen LogP contribution >= 0.6 is 0 Å². The zero-order valence-corrected chi connectivity index (χ0v) is 10.3. The third kappa shape index (κ3) is 2.74. The van der Waals surface area contributed by atoms with Crippen LogP contribution in [0.2, 0.25) is 0 Å². The Morgan fingerprint density at radius 3 is 1.53 bits per heavy atom. The summed E-state index contributed by atoms with van der Waals surface area (Å²) in [6.07, 6.45) is 0. The predicted molar refractivity (Wildman–Crippen MR) is 58.9 cm³/mol. The molecule has 0 fully saturated rings. The van der Waals surface area contributed by atoms with Crippen molar-refractivity contribution in [2.75, 3.05) is 5.32 Å². The number of carbonyl (C=O) groups is 1. The van der Waals surface area contributed by atoms with E-state index in [1.54, 1.807) is 0 Å². The van der Waals surface area contributed by atoms with Gasteiger partial charge in [0.2, 0.25) is 5.82 Å². The van der Waals surface area contributed by atoms with Crippen LogP contribution in [0, 0.1) is 29.1 Å². The van der Waals surface area contributed by atoms with Gasteiger partial charge in [0.1, 0.15) is 5.69 Å². The first-order valence-corrected chi connectivity index (χ1v) is 5.15. The van der Waals surface area contributed by atoms with Gasteiger partial charge in [-0.2, -0.15) is 0 Å². The molecular formula is C12H10F5NO. The molecule has 1 rings (SSSR count). The van der Waals surface area contributed by atoms with E-state index in [0.29, 0.717) is 0 Å². The van der Waals surface area contributed by atoms with Gasteiger partial charge in [-0.3, -0.25) is 4.79 Å². The fraction of sp³-hybridized carbons (Fsp3) is 0.250. The van der Waals surface area contributed by atoms with Crippen molar-refractivity contribution in [2.45, 2.75) is 20.8 Å². The molecule has 0 amide bonds. The quantitative estimate of drug-likeness (QED) is 0.396. The summed E-state index contributed by atoms with van der Waals surface area (Å²) in [4.78, 5) is 11.0. The fourth-order valence-electron chi connectivity index (χ4n) is 1.26. The lowest BCUT2D eigenvalue weighted by atomic mass is 10.1. The summed E-state index contributed by atoms with van der Waals surface area (Å²) in [5, 5.41) is 2.03. The maximum absolute atomic E-state index is 13.3. The molecule has 104 valence electrons. The summed E-state index contributed by atoms with van der Waals surface area (Å²) in [5.41, 5.74) is -1.07. The van der Waals surface area contributed by atoms with Crippen molar-refractivity contribution in [3.05, 3.63) is 40.4 Å². The Morgan fingerprint density at radius 1 is 0.789 bits per heavy atom. The maximum Gasteiger partial charge on any atom is 0.200 e. The van der Waals surface area contributed by atoms with Gasteiger partial charge < -0.3 is 5.32 Å². The number of carbonyl (C=O) groups excluding carboxylic acids is 1. The molecule has 0 aromatic heterocycles. The first-order valence-electron chi connectivity index (χ1n) is 5.15. The van der Waals surface area contributed by atoms with Crippen molar-refractivity contribution in [1.82, 2.24) is 0 Å². The van der Waals surface area contributed by atoms with Crippen LogP contribution in [0.1, 0.15) is 20.8 Å². The molecule has 19 heavy (non-hydrogen) atoms. The van der Waals surface area contributed by atoms with Crippen LogP contribution in [-0.2, 0) is 4.79 Å². The molecule has 0 heterocycles. The van der Waals surface area contributed by atoms with Crippen LogP contribution in [-0.4, -0.2) is 5.78 Å². The molecule has 0 aliphatic heterocycles. The Labute approximate surface area is 105 Å². The van der Waals surface area contributed by atoms with E-state index in [0.717, 1.165) is 0 Å². The highest BCUT2D eigenvalue weighted by atomic mass is 19.2. The van der Waals surface area contributed by atoms with E-state index in [2.05, 4.69) is 0 Å². The molecular weight excluding hydrogens is 269 g/mol. The third-order valence-electron chi connectivity index (χ3n) is 2.61. The van der Waals surface area contributed by atoms with Crippen LogP contribution < -0.4 is 5.32 Å². The monoisotopic (exact) mass is 279 g/mol. The number of nitrogens with one attached hydrogen (secondary N) is 1. The van der Waals surface area contributed by atoms with Gasteiger partial charge in [-0.05, 0) is 20.8 Å². The Kier molecular flexibility index (Phi) is 4.28. The van der Waals surface area contributed by atoms with Crippen molar-refractivity contribution in [1.29, 1.82) is 0 Å². The number of hydrogen-bond donors (Lipinski definition) is 1. The summed E-state index contributed by atoms with van der Waals surface area (Å²) in [7, 11) is 0. The van der Waals surface area contributed by atoms with Crippen LogP contribution in [0.3, 0.4) is 0 Å². The minimum absolute atomic E-state index is 0.00397. The lowest BCUT2D eigenvalue weighted by Crippen LogP contribution is -2.11. The van der Waals surface area contributed by atoms with E-state index < -0.39 is 40.6 Å². The molecule has 0 spiro atoms. The topological polar surface area (TPSA) is 29.1 Å². The molecule has 0 aliphatic rings. The number of halogens is 5. The second kappa shape index (κ2) is 5.38. The van der Waals surface area contributed by atoms with Crippen molar-refractivity contribution in [2.24, 2.45) is 0 Å². The summed E-state index contributed by atoms with van der Waals surface area (Å²) in [5.74, 6) is -10.7. The molecule has 0 radical (unpaired) electrons. The largest absolute Gasteiger partial charge is 0.354 e. The van der Waals surface area contributed by atoms with Crippen LogP contribution in [0.5, 0.6) is 0 Å². The molecule has 1 aromatic carbocycles. The molecule has 1 aromatic rings. The highest BCUT2D eigenvalue weighted by molar-refractivity contribution is 5.93. The average molecular weight is 279 g/mol. The van der Waals surface area contributed by atoms with E-state index in [1.165, 1.54) is 20.8 Å². The summed E-state index contributed by atoms with van der Waals surface area (Å²) < 4.78 is 65.3. The molecule has 0 bridgehead atoms. The molecule has 0 saturated heterocycles. The molecule has 0 atom stereocenters. The standard InChI is InChI=1S/C12H10F5NO/c1-4(6(3)19)5(2)18-12-10(16)8(14)7(13)9(15)11(12)17/h18H,1-3H3. The van der Waals surface area contributed by atoms with E-state index in [9.17, 15) is 26.7 Å². The van der Waals surface area contributed by atoms with Gasteiger partial charge in [-0.1, -0.05) is 0 Å². The van der Waals surface area contributed by atoms with Crippen molar-refractivity contribution in [3.8, 4) is 0 Å². The Balaban J connectivity index is 3.39. The lowest BCUT2D eigenvalue weighted by Gasteiger charge is -2.12. The summed E-state index contributed by atoms with van der Waals surface area (Å²) >= 11 is 0. The van der Waals surface area contributed by atoms with E-state index in [4.69, 9.17) is 0 Å². The number of rotatable bonds is 3. The summed E-state index contributed by atoms with van der Waals surface area (Å²) in [6, 6.07) is 0. The number of ketones is 1. The van der Waals surface area contributed by atoms with Crippen molar-refractivity contribution < 1.29 is 26.7 Å². The minimum atomic E-state index is -2.23. The van der Waals surface area contributed by atoms with Gasteiger partial charge >= 0.3 is 0 Å². The zero-order chi connectivity index (χ0) is 14.9. The Morgan fingerprint density at radius 2 is 1.16 bits per heavy atom. The third-order valence-corrected chi connectivity index (χ3v) is 2.61. The van der Waals surface area contributed by atoms with Gasteiger partial charge in [-0.25, -0.2) is 22.0 Å². The van der Waals surface area contributed by atoms with Crippen molar-refractivity contribution >= 4 is 11.5 Å². The number of Topliss-reactive ketones (excluding diaryl/α,β-unsaturated/α-hetero) is 1. The van der Waals surface area contributed by atoms with Gasteiger partial charge in [0.05, 0.1) is 0 Å². The smallest absolute Gasteiger partial charge is 0.200 e. The molecule has 2 nitrogen and oxygen atoms in total. The second-order valence-corrected chi connectivity index (χ2v) is 3.88. The zero-order valence-electron chi connectivity index (χ0n) is 10.3. The maximum atomic E-state index is 13.3. The molecule has 0 unspecified atom stereocenters. The number of hydrogen-bond acceptors (Lipinski definition) is 2. The number of anilines is 1. The lowest BCUT2D eigenvalue weighted by molar-refractivity contribution is -0.113. The van der Waals surface area contributed by atoms with E-state index in [-0.39, 0.29) is 11.3 Å². The number of benzene rings is 1. The van der Waals surface area contributed by atoms with E-state index in [1.807, 2.05) is 5.32 Å². The van der Waals surface area contributed by atoms with Crippen LogP contribution in [0.25, 0.3) is 0 Å².